The highest BCUT2D eigenvalue weighted by Crippen LogP contribution is 2.33. The van der Waals surface area contributed by atoms with Gasteiger partial charge in [0.15, 0.2) is 0 Å². The van der Waals surface area contributed by atoms with E-state index in [2.05, 4.69) is 0 Å². The van der Waals surface area contributed by atoms with Gasteiger partial charge in [0.2, 0.25) is 0 Å². The van der Waals surface area contributed by atoms with E-state index in [9.17, 15) is 13.2 Å². The van der Waals surface area contributed by atoms with Crippen LogP contribution >= 0.6 is 11.8 Å². The van der Waals surface area contributed by atoms with Crippen molar-refractivity contribution in [3.05, 3.63) is 29.3 Å². The second-order valence-corrected chi connectivity index (χ2v) is 4.65. The summed E-state index contributed by atoms with van der Waals surface area (Å²) in [6.45, 7) is 0.593. The van der Waals surface area contributed by atoms with Crippen LogP contribution in [0.4, 0.5) is 13.2 Å². The van der Waals surface area contributed by atoms with Crippen LogP contribution < -0.4 is 0 Å². The number of nitrogens with zero attached hydrogens (tertiary/aromatic N) is 1. The standard InChI is InChI=1S/C12H12F3NOS/c1-17-5-2-6-18-11-4-3-10(12(13,14)15)7-9(11)8-16/h3-4,7H,2,5-6H2,1H3. The molecule has 0 N–H and O–H groups in total. The lowest BCUT2D eigenvalue weighted by Crippen LogP contribution is -2.05. The molecule has 1 rings (SSSR count). The summed E-state index contributed by atoms with van der Waals surface area (Å²) in [6, 6.07) is 5.03. The summed E-state index contributed by atoms with van der Waals surface area (Å²) in [4.78, 5) is 0.571. The Hall–Kier alpha value is -1.19. The molecule has 0 fully saturated rings. The molecule has 0 atom stereocenters. The van der Waals surface area contributed by atoms with E-state index in [0.717, 1.165) is 18.6 Å². The highest BCUT2D eigenvalue weighted by molar-refractivity contribution is 7.99. The van der Waals surface area contributed by atoms with Crippen molar-refractivity contribution in [3.8, 4) is 6.07 Å². The smallest absolute Gasteiger partial charge is 0.385 e. The number of rotatable bonds is 5. The topological polar surface area (TPSA) is 33.0 Å². The first-order chi connectivity index (χ1) is 8.49. The van der Waals surface area contributed by atoms with Crippen molar-refractivity contribution in [2.24, 2.45) is 0 Å². The molecule has 0 unspecified atom stereocenters. The van der Waals surface area contributed by atoms with Gasteiger partial charge in [-0.1, -0.05) is 0 Å². The molecule has 0 aliphatic heterocycles. The van der Waals surface area contributed by atoms with E-state index >= 15 is 0 Å². The quantitative estimate of drug-likeness (QED) is 0.606. The lowest BCUT2D eigenvalue weighted by molar-refractivity contribution is -0.137. The number of benzene rings is 1. The van der Waals surface area contributed by atoms with Crippen molar-refractivity contribution in [1.29, 1.82) is 5.26 Å². The molecule has 0 heterocycles. The number of halogens is 3. The van der Waals surface area contributed by atoms with Crippen LogP contribution in [0.5, 0.6) is 0 Å². The van der Waals surface area contributed by atoms with Crippen LogP contribution in [0.2, 0.25) is 0 Å². The molecule has 2 nitrogen and oxygen atoms in total. The van der Waals surface area contributed by atoms with Crippen molar-refractivity contribution in [2.45, 2.75) is 17.5 Å². The zero-order valence-corrected chi connectivity index (χ0v) is 10.6. The molecule has 98 valence electrons. The minimum absolute atomic E-state index is 0.0623. The summed E-state index contributed by atoms with van der Waals surface area (Å²) >= 11 is 1.36. The first-order valence-electron chi connectivity index (χ1n) is 5.22. The van der Waals surface area contributed by atoms with E-state index in [1.807, 2.05) is 0 Å². The molecule has 1 aromatic rings. The third-order valence-electron chi connectivity index (χ3n) is 2.18. The zero-order chi connectivity index (χ0) is 13.6. The van der Waals surface area contributed by atoms with E-state index in [0.29, 0.717) is 17.3 Å². The molecular weight excluding hydrogens is 263 g/mol. The molecule has 0 bridgehead atoms. The lowest BCUT2D eigenvalue weighted by Gasteiger charge is -2.09. The molecule has 0 amide bonds. The van der Waals surface area contributed by atoms with Gasteiger partial charge in [-0.2, -0.15) is 18.4 Å². The Morgan fingerprint density at radius 1 is 1.39 bits per heavy atom. The molecular formula is C12H12F3NOS. The van der Waals surface area contributed by atoms with Gasteiger partial charge < -0.3 is 4.74 Å². The molecule has 0 saturated heterocycles. The summed E-state index contributed by atoms with van der Waals surface area (Å²) in [7, 11) is 1.59. The fourth-order valence-corrected chi connectivity index (χ4v) is 2.21. The van der Waals surface area contributed by atoms with Gasteiger partial charge in [-0.3, -0.25) is 0 Å². The van der Waals surface area contributed by atoms with Crippen LogP contribution in [0.15, 0.2) is 23.1 Å². The van der Waals surface area contributed by atoms with Gasteiger partial charge in [0.1, 0.15) is 6.07 Å². The van der Waals surface area contributed by atoms with E-state index in [1.54, 1.807) is 13.2 Å². The van der Waals surface area contributed by atoms with Gasteiger partial charge in [-0.25, -0.2) is 0 Å². The lowest BCUT2D eigenvalue weighted by atomic mass is 10.1. The van der Waals surface area contributed by atoms with Crippen LogP contribution in [0.25, 0.3) is 0 Å². The van der Waals surface area contributed by atoms with Crippen molar-refractivity contribution >= 4 is 11.8 Å². The number of methoxy groups -OCH3 is 1. The first-order valence-corrected chi connectivity index (χ1v) is 6.20. The number of ether oxygens (including phenoxy) is 1. The van der Waals surface area contributed by atoms with Crippen molar-refractivity contribution < 1.29 is 17.9 Å². The van der Waals surface area contributed by atoms with Crippen LogP contribution in [-0.4, -0.2) is 19.5 Å². The second kappa shape index (κ2) is 6.66. The van der Waals surface area contributed by atoms with Gasteiger partial charge >= 0.3 is 6.18 Å². The monoisotopic (exact) mass is 275 g/mol. The maximum Gasteiger partial charge on any atom is 0.416 e. The minimum atomic E-state index is -4.41. The average molecular weight is 275 g/mol. The summed E-state index contributed by atoms with van der Waals surface area (Å²) in [5.74, 6) is 0.702. The molecule has 0 aliphatic carbocycles. The first kappa shape index (κ1) is 14.9. The van der Waals surface area contributed by atoms with Gasteiger partial charge in [0.25, 0.3) is 0 Å². The number of hydrogen-bond acceptors (Lipinski definition) is 3. The fourth-order valence-electron chi connectivity index (χ4n) is 1.30. The summed E-state index contributed by atoms with van der Waals surface area (Å²) in [5.41, 5.74) is -0.729. The van der Waals surface area contributed by atoms with E-state index < -0.39 is 11.7 Å². The third-order valence-corrected chi connectivity index (χ3v) is 3.34. The molecule has 18 heavy (non-hydrogen) atoms. The second-order valence-electron chi connectivity index (χ2n) is 3.52. The number of nitriles is 1. The molecule has 0 aliphatic rings. The van der Waals surface area contributed by atoms with Crippen molar-refractivity contribution in [2.75, 3.05) is 19.5 Å². The average Bonchev–Trinajstić information content (AvgIpc) is 2.33. The SMILES string of the molecule is COCCCSc1ccc(C(F)(F)F)cc1C#N. The largest absolute Gasteiger partial charge is 0.416 e. The Morgan fingerprint density at radius 3 is 2.67 bits per heavy atom. The van der Waals surface area contributed by atoms with Crippen molar-refractivity contribution in [3.63, 3.8) is 0 Å². The number of thioether (sulfide) groups is 1. The van der Waals surface area contributed by atoms with Crippen LogP contribution in [0, 0.1) is 11.3 Å². The minimum Gasteiger partial charge on any atom is -0.385 e. The Kier molecular flexibility index (Phi) is 5.51. The van der Waals surface area contributed by atoms with Crippen LogP contribution in [-0.2, 0) is 10.9 Å². The van der Waals surface area contributed by atoms with Gasteiger partial charge in [0.05, 0.1) is 11.1 Å². The number of hydrogen-bond donors (Lipinski definition) is 0. The molecule has 0 aromatic heterocycles. The third kappa shape index (κ3) is 4.24. The summed E-state index contributed by atoms with van der Waals surface area (Å²) in [5, 5.41) is 8.86. The zero-order valence-electron chi connectivity index (χ0n) is 9.75. The Balaban J connectivity index is 2.79. The van der Waals surface area contributed by atoms with E-state index in [1.165, 1.54) is 17.8 Å². The Bertz CT molecular complexity index is 440. The predicted molar refractivity (Wildman–Crippen MR) is 63.4 cm³/mol. The predicted octanol–water partition coefficient (Wildman–Crippen LogP) is 3.71. The van der Waals surface area contributed by atoms with Gasteiger partial charge in [-0.05, 0) is 24.6 Å². The van der Waals surface area contributed by atoms with Crippen molar-refractivity contribution in [1.82, 2.24) is 0 Å². The highest BCUT2D eigenvalue weighted by Gasteiger charge is 2.31. The van der Waals surface area contributed by atoms with Crippen LogP contribution in [0.1, 0.15) is 17.5 Å². The molecule has 0 saturated carbocycles. The van der Waals surface area contributed by atoms with E-state index in [-0.39, 0.29) is 5.56 Å². The van der Waals surface area contributed by atoms with Crippen LogP contribution in [0.3, 0.4) is 0 Å². The number of alkyl halides is 3. The normalized spacial score (nSPS) is 11.3. The molecule has 0 radical (unpaired) electrons. The Morgan fingerprint density at radius 2 is 2.11 bits per heavy atom. The fraction of sp³-hybridized carbons (Fsp3) is 0.417. The molecule has 1 aromatic carbocycles. The van der Waals surface area contributed by atoms with Gasteiger partial charge in [-0.15, -0.1) is 11.8 Å². The highest BCUT2D eigenvalue weighted by atomic mass is 32.2. The summed E-state index contributed by atoms with van der Waals surface area (Å²) < 4.78 is 42.2. The Labute approximate surface area is 108 Å². The molecule has 6 heteroatoms. The maximum absolute atomic E-state index is 12.5. The summed E-state index contributed by atoms with van der Waals surface area (Å²) in [6.07, 6.45) is -3.63. The van der Waals surface area contributed by atoms with E-state index in [4.69, 9.17) is 10.00 Å². The molecule has 0 spiro atoms. The van der Waals surface area contributed by atoms with Gasteiger partial charge in [0, 0.05) is 24.4 Å². The maximum atomic E-state index is 12.5.